The van der Waals surface area contributed by atoms with E-state index in [4.69, 9.17) is 4.74 Å². The number of ether oxygens (including phenoxy) is 1. The summed E-state index contributed by atoms with van der Waals surface area (Å²) in [5, 5.41) is 3.41. The van der Waals surface area contributed by atoms with Gasteiger partial charge in [-0.05, 0) is 51.3 Å². The zero-order chi connectivity index (χ0) is 13.2. The smallest absolute Gasteiger partial charge is 0.121 e. The summed E-state index contributed by atoms with van der Waals surface area (Å²) >= 11 is 0. The average Bonchev–Trinajstić information content (AvgIpc) is 2.86. The Balaban J connectivity index is 1.64. The lowest BCUT2D eigenvalue weighted by Crippen LogP contribution is -2.44. The van der Waals surface area contributed by atoms with Gasteiger partial charge in [-0.2, -0.15) is 0 Å². The van der Waals surface area contributed by atoms with Crippen LogP contribution < -0.4 is 10.1 Å². The van der Waals surface area contributed by atoms with Gasteiger partial charge in [0.25, 0.3) is 0 Å². The fourth-order valence-corrected chi connectivity index (χ4v) is 3.07. The van der Waals surface area contributed by atoms with Crippen LogP contribution in [0.5, 0.6) is 5.75 Å². The van der Waals surface area contributed by atoms with Gasteiger partial charge in [-0.15, -0.1) is 0 Å². The lowest BCUT2D eigenvalue weighted by atomic mass is 10.1. The van der Waals surface area contributed by atoms with E-state index in [2.05, 4.69) is 42.3 Å². The van der Waals surface area contributed by atoms with E-state index in [0.29, 0.717) is 12.1 Å². The Morgan fingerprint density at radius 2 is 2.26 bits per heavy atom. The van der Waals surface area contributed by atoms with Crippen molar-refractivity contribution in [2.75, 3.05) is 25.0 Å². The van der Waals surface area contributed by atoms with Crippen molar-refractivity contribution >= 4 is 5.69 Å². The monoisotopic (exact) mass is 260 g/mol. The third kappa shape index (κ3) is 2.86. The maximum Gasteiger partial charge on any atom is 0.121 e. The Morgan fingerprint density at radius 3 is 3.11 bits per heavy atom. The summed E-state index contributed by atoms with van der Waals surface area (Å²) in [6.45, 7) is 7.86. The van der Waals surface area contributed by atoms with E-state index in [1.165, 1.54) is 30.6 Å². The van der Waals surface area contributed by atoms with Crippen LogP contribution in [-0.2, 0) is 6.42 Å². The van der Waals surface area contributed by atoms with Crippen LogP contribution in [0.2, 0.25) is 0 Å². The molecule has 2 aliphatic heterocycles. The van der Waals surface area contributed by atoms with Gasteiger partial charge in [0.1, 0.15) is 11.9 Å². The number of hydrogen-bond acceptors (Lipinski definition) is 3. The summed E-state index contributed by atoms with van der Waals surface area (Å²) < 4.78 is 6.18. The number of benzene rings is 1. The third-order valence-corrected chi connectivity index (χ3v) is 4.23. The number of nitrogens with one attached hydrogen (secondary N) is 1. The largest absolute Gasteiger partial charge is 0.489 e. The molecule has 104 valence electrons. The molecule has 19 heavy (non-hydrogen) atoms. The number of anilines is 1. The lowest BCUT2D eigenvalue weighted by Gasteiger charge is -2.35. The van der Waals surface area contributed by atoms with Gasteiger partial charge < -0.3 is 10.1 Å². The van der Waals surface area contributed by atoms with E-state index in [0.717, 1.165) is 25.3 Å². The van der Waals surface area contributed by atoms with Crippen molar-refractivity contribution in [2.45, 2.75) is 45.3 Å². The molecule has 1 aromatic rings. The average molecular weight is 260 g/mol. The zero-order valence-electron chi connectivity index (χ0n) is 12.0. The fraction of sp³-hybridized carbons (Fsp3) is 0.625. The molecule has 1 saturated heterocycles. The van der Waals surface area contributed by atoms with Gasteiger partial charge in [0.05, 0.1) is 0 Å². The van der Waals surface area contributed by atoms with Crippen molar-refractivity contribution < 1.29 is 4.74 Å². The molecule has 0 radical (unpaired) electrons. The topological polar surface area (TPSA) is 24.5 Å². The summed E-state index contributed by atoms with van der Waals surface area (Å²) in [5.41, 5.74) is 2.67. The molecule has 0 bridgehead atoms. The van der Waals surface area contributed by atoms with Crippen LogP contribution in [0.1, 0.15) is 32.3 Å². The number of piperidine rings is 1. The summed E-state index contributed by atoms with van der Waals surface area (Å²) in [6.07, 6.45) is 3.90. The highest BCUT2D eigenvalue weighted by Gasteiger charge is 2.23. The van der Waals surface area contributed by atoms with Gasteiger partial charge in [-0.25, -0.2) is 0 Å². The quantitative estimate of drug-likeness (QED) is 0.904. The first-order valence-electron chi connectivity index (χ1n) is 7.50. The number of fused-ring (bicyclic) bond motifs is 1. The minimum absolute atomic E-state index is 0.343. The van der Waals surface area contributed by atoms with Gasteiger partial charge in [0.2, 0.25) is 0 Å². The Kier molecular flexibility index (Phi) is 3.65. The number of hydrogen-bond donors (Lipinski definition) is 1. The van der Waals surface area contributed by atoms with Crippen LogP contribution in [0.4, 0.5) is 5.69 Å². The molecule has 1 N–H and O–H groups in total. The normalized spacial score (nSPS) is 23.2. The van der Waals surface area contributed by atoms with E-state index in [1.807, 2.05) is 0 Å². The SMILES string of the molecule is CC(C)N1CCCC(Oc2ccc3c(c2)NCC3)C1. The molecule has 0 aromatic heterocycles. The number of rotatable bonds is 3. The van der Waals surface area contributed by atoms with Crippen LogP contribution in [0.25, 0.3) is 0 Å². The fourth-order valence-electron chi connectivity index (χ4n) is 3.07. The van der Waals surface area contributed by atoms with Crippen molar-refractivity contribution in [3.8, 4) is 5.75 Å². The van der Waals surface area contributed by atoms with Crippen LogP contribution in [0, 0.1) is 0 Å². The molecule has 0 amide bonds. The summed E-state index contributed by atoms with van der Waals surface area (Å²) in [5.74, 6) is 1.02. The van der Waals surface area contributed by atoms with Gasteiger partial charge in [-0.3, -0.25) is 4.90 Å². The molecule has 3 nitrogen and oxygen atoms in total. The molecule has 0 aliphatic carbocycles. The van der Waals surface area contributed by atoms with Gasteiger partial charge in [-0.1, -0.05) is 6.07 Å². The van der Waals surface area contributed by atoms with E-state index in [-0.39, 0.29) is 0 Å². The van der Waals surface area contributed by atoms with E-state index in [1.54, 1.807) is 0 Å². The minimum Gasteiger partial charge on any atom is -0.489 e. The van der Waals surface area contributed by atoms with Crippen LogP contribution in [0.15, 0.2) is 18.2 Å². The molecule has 1 unspecified atom stereocenters. The Hall–Kier alpha value is -1.22. The first kappa shape index (κ1) is 12.8. The van der Waals surface area contributed by atoms with Crippen molar-refractivity contribution in [3.05, 3.63) is 23.8 Å². The maximum atomic E-state index is 6.18. The molecule has 2 aliphatic rings. The van der Waals surface area contributed by atoms with E-state index in [9.17, 15) is 0 Å². The second-order valence-electron chi connectivity index (χ2n) is 5.97. The standard InChI is InChI=1S/C16H24N2O/c1-12(2)18-9-3-4-15(11-18)19-14-6-5-13-7-8-17-16(13)10-14/h5-6,10,12,15,17H,3-4,7-9,11H2,1-2H3. The molecule has 1 aromatic carbocycles. The molecule has 0 saturated carbocycles. The second kappa shape index (κ2) is 5.41. The van der Waals surface area contributed by atoms with Gasteiger partial charge >= 0.3 is 0 Å². The Morgan fingerprint density at radius 1 is 1.37 bits per heavy atom. The highest BCUT2D eigenvalue weighted by molar-refractivity contribution is 5.58. The highest BCUT2D eigenvalue weighted by Crippen LogP contribution is 2.28. The van der Waals surface area contributed by atoms with Crippen LogP contribution in [-0.4, -0.2) is 36.7 Å². The molecular weight excluding hydrogens is 236 g/mol. The van der Waals surface area contributed by atoms with Gasteiger partial charge in [0, 0.05) is 30.9 Å². The van der Waals surface area contributed by atoms with Crippen molar-refractivity contribution in [3.63, 3.8) is 0 Å². The molecule has 3 heteroatoms. The molecule has 1 fully saturated rings. The number of likely N-dealkylation sites (tertiary alicyclic amines) is 1. The molecule has 2 heterocycles. The molecular formula is C16H24N2O. The summed E-state index contributed by atoms with van der Waals surface area (Å²) in [7, 11) is 0. The van der Waals surface area contributed by atoms with Crippen molar-refractivity contribution in [2.24, 2.45) is 0 Å². The Labute approximate surface area is 115 Å². The first-order chi connectivity index (χ1) is 9.22. The van der Waals surface area contributed by atoms with E-state index < -0.39 is 0 Å². The predicted octanol–water partition coefficient (Wildman–Crippen LogP) is 2.91. The van der Waals surface area contributed by atoms with Gasteiger partial charge in [0.15, 0.2) is 0 Å². The Bertz CT molecular complexity index is 444. The van der Waals surface area contributed by atoms with Crippen LogP contribution in [0.3, 0.4) is 0 Å². The summed E-state index contributed by atoms with van der Waals surface area (Å²) in [6, 6.07) is 7.11. The third-order valence-electron chi connectivity index (χ3n) is 4.23. The number of nitrogens with zero attached hydrogens (tertiary/aromatic N) is 1. The highest BCUT2D eigenvalue weighted by atomic mass is 16.5. The minimum atomic E-state index is 0.343. The molecule has 0 spiro atoms. The van der Waals surface area contributed by atoms with Crippen molar-refractivity contribution in [1.82, 2.24) is 4.90 Å². The lowest BCUT2D eigenvalue weighted by molar-refractivity contribution is 0.0707. The maximum absolute atomic E-state index is 6.18. The second-order valence-corrected chi connectivity index (χ2v) is 5.97. The molecule has 3 rings (SSSR count). The molecule has 1 atom stereocenters. The van der Waals surface area contributed by atoms with E-state index >= 15 is 0 Å². The summed E-state index contributed by atoms with van der Waals surface area (Å²) in [4.78, 5) is 2.51. The zero-order valence-corrected chi connectivity index (χ0v) is 12.0. The first-order valence-corrected chi connectivity index (χ1v) is 7.50. The van der Waals surface area contributed by atoms with Crippen LogP contribution >= 0.6 is 0 Å². The van der Waals surface area contributed by atoms with Crippen molar-refractivity contribution in [1.29, 1.82) is 0 Å². The predicted molar refractivity (Wildman–Crippen MR) is 79.0 cm³/mol.